The first kappa shape index (κ1) is 23.0. The van der Waals surface area contributed by atoms with Gasteiger partial charge in [0.15, 0.2) is 0 Å². The molecule has 33 heavy (non-hydrogen) atoms. The number of nitrogens with zero attached hydrogens (tertiary/aromatic N) is 2. The minimum Gasteiger partial charge on any atom is -0.366 e. The van der Waals surface area contributed by atoms with Crippen molar-refractivity contribution in [2.45, 2.75) is 6.54 Å². The van der Waals surface area contributed by atoms with Crippen molar-refractivity contribution in [1.82, 2.24) is 9.80 Å². The topological polar surface area (TPSA) is 95.7 Å². The van der Waals surface area contributed by atoms with Crippen molar-refractivity contribution in [3.05, 3.63) is 86.6 Å². The molecule has 0 unspecified atom stereocenters. The molecule has 3 N–H and O–H groups in total. The molecule has 1 aliphatic heterocycles. The van der Waals surface area contributed by atoms with Crippen LogP contribution in [0, 0.1) is 0 Å². The van der Waals surface area contributed by atoms with Crippen molar-refractivity contribution in [2.75, 3.05) is 31.5 Å². The van der Waals surface area contributed by atoms with Crippen LogP contribution in [0.2, 0.25) is 5.02 Å². The number of primary amides is 1. The molecule has 2 heterocycles. The first-order chi connectivity index (χ1) is 15.9. The van der Waals surface area contributed by atoms with Gasteiger partial charge in [0.1, 0.15) is 0 Å². The second kappa shape index (κ2) is 10.2. The van der Waals surface area contributed by atoms with Crippen LogP contribution in [-0.2, 0) is 6.54 Å². The summed E-state index contributed by atoms with van der Waals surface area (Å²) in [5, 5.41) is 4.99. The van der Waals surface area contributed by atoms with Gasteiger partial charge in [0.05, 0.1) is 15.6 Å². The molecule has 7 nitrogen and oxygen atoms in total. The summed E-state index contributed by atoms with van der Waals surface area (Å²) < 4.78 is 0. The molecule has 1 aromatic heterocycles. The summed E-state index contributed by atoms with van der Waals surface area (Å²) >= 11 is 7.58. The average molecular weight is 483 g/mol. The fourth-order valence-electron chi connectivity index (χ4n) is 3.67. The SMILES string of the molecule is NC(=O)c1ccc(CN2CCN(C(=O)c3ccc(Cl)c(NC(=O)c4cccs4)c3)CC2)cc1. The number of thiophene rings is 1. The summed E-state index contributed by atoms with van der Waals surface area (Å²) in [5.74, 6) is -0.789. The number of halogens is 1. The van der Waals surface area contributed by atoms with Gasteiger partial charge >= 0.3 is 0 Å². The van der Waals surface area contributed by atoms with E-state index in [1.807, 2.05) is 17.5 Å². The Labute approximate surface area is 200 Å². The lowest BCUT2D eigenvalue weighted by molar-refractivity contribution is 0.0628. The van der Waals surface area contributed by atoms with Gasteiger partial charge in [-0.25, -0.2) is 0 Å². The smallest absolute Gasteiger partial charge is 0.265 e. The van der Waals surface area contributed by atoms with Crippen LogP contribution in [-0.4, -0.2) is 53.7 Å². The third-order valence-electron chi connectivity index (χ3n) is 5.51. The van der Waals surface area contributed by atoms with E-state index in [9.17, 15) is 14.4 Å². The van der Waals surface area contributed by atoms with Crippen molar-refractivity contribution in [3.63, 3.8) is 0 Å². The predicted molar refractivity (Wildman–Crippen MR) is 130 cm³/mol. The van der Waals surface area contributed by atoms with E-state index in [0.29, 0.717) is 39.8 Å². The van der Waals surface area contributed by atoms with E-state index < -0.39 is 5.91 Å². The quantitative estimate of drug-likeness (QED) is 0.559. The second-order valence-electron chi connectivity index (χ2n) is 7.76. The number of benzene rings is 2. The zero-order valence-corrected chi connectivity index (χ0v) is 19.4. The monoisotopic (exact) mass is 482 g/mol. The first-order valence-electron chi connectivity index (χ1n) is 10.5. The van der Waals surface area contributed by atoms with Gasteiger partial charge in [-0.1, -0.05) is 29.8 Å². The van der Waals surface area contributed by atoms with Crippen LogP contribution < -0.4 is 11.1 Å². The number of amides is 3. The number of anilines is 1. The molecule has 0 atom stereocenters. The maximum Gasteiger partial charge on any atom is 0.265 e. The maximum atomic E-state index is 13.1. The molecule has 9 heteroatoms. The molecule has 1 aliphatic rings. The second-order valence-corrected chi connectivity index (χ2v) is 9.11. The number of hydrogen-bond donors (Lipinski definition) is 2. The molecule has 0 radical (unpaired) electrons. The highest BCUT2D eigenvalue weighted by Crippen LogP contribution is 2.25. The van der Waals surface area contributed by atoms with E-state index in [1.165, 1.54) is 11.3 Å². The van der Waals surface area contributed by atoms with E-state index >= 15 is 0 Å². The fourth-order valence-corrected chi connectivity index (χ4v) is 4.45. The molecule has 2 aromatic carbocycles. The molecule has 1 fully saturated rings. The molecule has 0 aliphatic carbocycles. The van der Waals surface area contributed by atoms with Crippen LogP contribution in [0.4, 0.5) is 5.69 Å². The van der Waals surface area contributed by atoms with Gasteiger partial charge < -0.3 is 16.0 Å². The van der Waals surface area contributed by atoms with Crippen LogP contribution in [0.1, 0.15) is 36.0 Å². The molecular formula is C24H23ClN4O3S. The third kappa shape index (κ3) is 5.60. The van der Waals surface area contributed by atoms with Crippen molar-refractivity contribution in [2.24, 2.45) is 5.73 Å². The average Bonchev–Trinajstić information content (AvgIpc) is 3.36. The van der Waals surface area contributed by atoms with Crippen LogP contribution >= 0.6 is 22.9 Å². The van der Waals surface area contributed by atoms with E-state index in [1.54, 1.807) is 47.4 Å². The lowest BCUT2D eigenvalue weighted by atomic mass is 10.1. The lowest BCUT2D eigenvalue weighted by Crippen LogP contribution is -2.48. The molecule has 0 spiro atoms. The molecule has 4 rings (SSSR count). The summed E-state index contributed by atoms with van der Waals surface area (Å²) in [7, 11) is 0. The van der Waals surface area contributed by atoms with Crippen molar-refractivity contribution in [1.29, 1.82) is 0 Å². The van der Waals surface area contributed by atoms with Crippen LogP contribution in [0.3, 0.4) is 0 Å². The number of rotatable bonds is 6. The Balaban J connectivity index is 1.35. The molecular weight excluding hydrogens is 460 g/mol. The van der Waals surface area contributed by atoms with Gasteiger partial charge in [-0.3, -0.25) is 19.3 Å². The molecule has 0 bridgehead atoms. The summed E-state index contributed by atoms with van der Waals surface area (Å²) in [6, 6.07) is 15.7. The van der Waals surface area contributed by atoms with E-state index in [0.717, 1.165) is 25.2 Å². The number of carbonyl (C=O) groups excluding carboxylic acids is 3. The van der Waals surface area contributed by atoms with E-state index in [4.69, 9.17) is 17.3 Å². The van der Waals surface area contributed by atoms with Gasteiger partial charge in [-0.2, -0.15) is 0 Å². The zero-order valence-electron chi connectivity index (χ0n) is 17.8. The van der Waals surface area contributed by atoms with Gasteiger partial charge in [0.25, 0.3) is 11.8 Å². The van der Waals surface area contributed by atoms with Crippen molar-refractivity contribution in [3.8, 4) is 0 Å². The minimum atomic E-state index is -0.440. The summed E-state index contributed by atoms with van der Waals surface area (Å²) in [6.07, 6.45) is 0. The Kier molecular flexibility index (Phi) is 7.08. The van der Waals surface area contributed by atoms with Gasteiger partial charge in [-0.15, -0.1) is 11.3 Å². The van der Waals surface area contributed by atoms with Crippen LogP contribution in [0.15, 0.2) is 60.0 Å². The highest BCUT2D eigenvalue weighted by Gasteiger charge is 2.23. The molecule has 3 aromatic rings. The number of hydrogen-bond acceptors (Lipinski definition) is 5. The van der Waals surface area contributed by atoms with Crippen LogP contribution in [0.25, 0.3) is 0 Å². The Hall–Kier alpha value is -3.20. The Morgan fingerprint density at radius 2 is 1.67 bits per heavy atom. The number of piperazine rings is 1. The normalized spacial score (nSPS) is 14.2. The predicted octanol–water partition coefficient (Wildman–Crippen LogP) is 3.71. The molecule has 0 saturated carbocycles. The van der Waals surface area contributed by atoms with Gasteiger partial charge in [0, 0.05) is 43.9 Å². The highest BCUT2D eigenvalue weighted by atomic mass is 35.5. The largest absolute Gasteiger partial charge is 0.366 e. The zero-order chi connectivity index (χ0) is 23.4. The van der Waals surface area contributed by atoms with Gasteiger partial charge in [0.2, 0.25) is 5.91 Å². The van der Waals surface area contributed by atoms with E-state index in [2.05, 4.69) is 10.2 Å². The van der Waals surface area contributed by atoms with Crippen molar-refractivity contribution >= 4 is 46.3 Å². The maximum absolute atomic E-state index is 13.1. The standard InChI is InChI=1S/C24H23ClN4O3S/c25-19-8-7-18(14-20(19)27-23(31)21-2-1-13-33-21)24(32)29-11-9-28(10-12-29)15-16-3-5-17(6-4-16)22(26)30/h1-8,13-14H,9-12,15H2,(H2,26,30)(H,27,31). The van der Waals surface area contributed by atoms with Crippen molar-refractivity contribution < 1.29 is 14.4 Å². The Bertz CT molecular complexity index is 1160. The summed E-state index contributed by atoms with van der Waals surface area (Å²) in [4.78, 5) is 41.3. The highest BCUT2D eigenvalue weighted by molar-refractivity contribution is 7.12. The molecule has 3 amide bonds. The third-order valence-corrected chi connectivity index (χ3v) is 6.71. The summed E-state index contributed by atoms with van der Waals surface area (Å²) in [6.45, 7) is 3.40. The fraction of sp³-hybridized carbons (Fsp3) is 0.208. The number of nitrogens with two attached hydrogens (primary N) is 1. The lowest BCUT2D eigenvalue weighted by Gasteiger charge is -2.35. The Morgan fingerprint density at radius 1 is 0.970 bits per heavy atom. The van der Waals surface area contributed by atoms with E-state index in [-0.39, 0.29) is 11.8 Å². The molecule has 1 saturated heterocycles. The minimum absolute atomic E-state index is 0.0937. The number of nitrogens with one attached hydrogen (secondary N) is 1. The Morgan fingerprint density at radius 3 is 2.30 bits per heavy atom. The van der Waals surface area contributed by atoms with Gasteiger partial charge in [-0.05, 0) is 47.3 Å². The molecule has 170 valence electrons. The first-order valence-corrected chi connectivity index (χ1v) is 11.7. The number of carbonyl (C=O) groups is 3. The summed E-state index contributed by atoms with van der Waals surface area (Å²) in [5.41, 5.74) is 7.76. The van der Waals surface area contributed by atoms with Crippen LogP contribution in [0.5, 0.6) is 0 Å².